The number of nitrogens with zero attached hydrogens (tertiary/aromatic N) is 3. The fraction of sp³-hybridized carbons (Fsp3) is 0.286. The molecule has 0 bridgehead atoms. The third-order valence-corrected chi connectivity index (χ3v) is 5.48. The number of pyridine rings is 1. The van der Waals surface area contributed by atoms with E-state index in [-0.39, 0.29) is 5.91 Å². The molecule has 7 heteroatoms. The number of benzene rings is 1. The molecule has 1 fully saturated rings. The molecule has 144 valence electrons. The highest BCUT2D eigenvalue weighted by molar-refractivity contribution is 7.14. The number of aryl methyl sites for hydroxylation is 2. The van der Waals surface area contributed by atoms with E-state index in [0.717, 1.165) is 24.3 Å². The highest BCUT2D eigenvalue weighted by atomic mass is 32.1. The predicted octanol–water partition coefficient (Wildman–Crippen LogP) is 3.91. The van der Waals surface area contributed by atoms with Gasteiger partial charge < -0.3 is 9.64 Å². The first-order valence-corrected chi connectivity index (χ1v) is 10.1. The lowest BCUT2D eigenvalue weighted by Crippen LogP contribution is -2.38. The standard InChI is InChI=1S/C21H22N4O2S/c1-14-5-6-16(15(2)12-14)18-13-28-21(23-18)24-20(26)17-4-3-7-22-19(17)25-8-10-27-11-9-25/h3-7,12-13H,8-11H2,1-2H3,(H,23,24,26). The van der Waals surface area contributed by atoms with Crippen LogP contribution in [0.1, 0.15) is 21.5 Å². The van der Waals surface area contributed by atoms with Crippen molar-refractivity contribution < 1.29 is 9.53 Å². The molecule has 1 N–H and O–H groups in total. The van der Waals surface area contributed by atoms with Crippen LogP contribution in [-0.4, -0.2) is 42.2 Å². The van der Waals surface area contributed by atoms with Crippen LogP contribution in [0.4, 0.5) is 10.9 Å². The number of rotatable bonds is 4. The molecule has 3 heterocycles. The number of carbonyl (C=O) groups is 1. The molecule has 28 heavy (non-hydrogen) atoms. The maximum Gasteiger partial charge on any atom is 0.261 e. The van der Waals surface area contributed by atoms with Crippen molar-refractivity contribution in [3.8, 4) is 11.3 Å². The maximum atomic E-state index is 12.9. The summed E-state index contributed by atoms with van der Waals surface area (Å²) in [5, 5.41) is 5.48. The average molecular weight is 395 g/mol. The number of carbonyl (C=O) groups excluding carboxylic acids is 1. The van der Waals surface area contributed by atoms with Crippen molar-refractivity contribution in [3.63, 3.8) is 0 Å². The molecule has 1 saturated heterocycles. The third kappa shape index (κ3) is 3.90. The number of hydrogen-bond donors (Lipinski definition) is 1. The summed E-state index contributed by atoms with van der Waals surface area (Å²) in [5.74, 6) is 0.491. The maximum absolute atomic E-state index is 12.9. The van der Waals surface area contributed by atoms with Crippen LogP contribution in [-0.2, 0) is 4.74 Å². The van der Waals surface area contributed by atoms with Gasteiger partial charge in [-0.2, -0.15) is 0 Å². The molecular formula is C21H22N4O2S. The van der Waals surface area contributed by atoms with Crippen LogP contribution in [0.15, 0.2) is 41.9 Å². The fourth-order valence-corrected chi connectivity index (χ4v) is 4.03. The fourth-order valence-electron chi connectivity index (χ4n) is 3.32. The smallest absolute Gasteiger partial charge is 0.261 e. The van der Waals surface area contributed by atoms with Crippen molar-refractivity contribution in [1.82, 2.24) is 9.97 Å². The number of anilines is 2. The van der Waals surface area contributed by atoms with Crippen LogP contribution >= 0.6 is 11.3 Å². The summed E-state index contributed by atoms with van der Waals surface area (Å²) in [6, 6.07) is 9.86. The van der Waals surface area contributed by atoms with Gasteiger partial charge in [-0.15, -0.1) is 11.3 Å². The van der Waals surface area contributed by atoms with Gasteiger partial charge in [0.2, 0.25) is 0 Å². The van der Waals surface area contributed by atoms with Crippen LogP contribution < -0.4 is 10.2 Å². The Balaban J connectivity index is 1.54. The van der Waals surface area contributed by atoms with Gasteiger partial charge in [0.1, 0.15) is 5.82 Å². The van der Waals surface area contributed by atoms with Gasteiger partial charge in [-0.1, -0.05) is 23.8 Å². The van der Waals surface area contributed by atoms with E-state index in [1.54, 1.807) is 18.3 Å². The van der Waals surface area contributed by atoms with Gasteiger partial charge in [0, 0.05) is 30.2 Å². The van der Waals surface area contributed by atoms with Gasteiger partial charge in [0.05, 0.1) is 24.5 Å². The summed E-state index contributed by atoms with van der Waals surface area (Å²) in [6.45, 7) is 6.89. The molecule has 1 aliphatic rings. The molecule has 0 aliphatic carbocycles. The highest BCUT2D eigenvalue weighted by Gasteiger charge is 2.20. The molecule has 1 aromatic carbocycles. The van der Waals surface area contributed by atoms with Gasteiger partial charge in [-0.3, -0.25) is 10.1 Å². The van der Waals surface area contributed by atoms with Crippen LogP contribution in [0.2, 0.25) is 0 Å². The lowest BCUT2D eigenvalue weighted by molar-refractivity contribution is 0.102. The second kappa shape index (κ2) is 8.08. The van der Waals surface area contributed by atoms with Gasteiger partial charge in [-0.25, -0.2) is 9.97 Å². The molecular weight excluding hydrogens is 372 g/mol. The minimum Gasteiger partial charge on any atom is -0.378 e. The Kier molecular flexibility index (Phi) is 5.36. The Morgan fingerprint density at radius 3 is 2.82 bits per heavy atom. The molecule has 4 rings (SSSR count). The minimum atomic E-state index is -0.198. The van der Waals surface area contributed by atoms with E-state index in [0.29, 0.717) is 29.7 Å². The Morgan fingerprint density at radius 2 is 2.04 bits per heavy atom. The first kappa shape index (κ1) is 18.6. The number of aromatic nitrogens is 2. The predicted molar refractivity (Wildman–Crippen MR) is 112 cm³/mol. The van der Waals surface area contributed by atoms with E-state index in [4.69, 9.17) is 4.74 Å². The molecule has 1 aliphatic heterocycles. The lowest BCUT2D eigenvalue weighted by atomic mass is 10.0. The number of nitrogens with one attached hydrogen (secondary N) is 1. The SMILES string of the molecule is Cc1ccc(-c2csc(NC(=O)c3cccnc3N3CCOCC3)n2)c(C)c1. The van der Waals surface area contributed by atoms with Gasteiger partial charge in [0.25, 0.3) is 5.91 Å². The zero-order valence-electron chi connectivity index (χ0n) is 15.9. The lowest BCUT2D eigenvalue weighted by Gasteiger charge is -2.29. The van der Waals surface area contributed by atoms with Crippen LogP contribution in [0.25, 0.3) is 11.3 Å². The van der Waals surface area contributed by atoms with Crippen LogP contribution in [0.3, 0.4) is 0 Å². The number of hydrogen-bond acceptors (Lipinski definition) is 6. The quantitative estimate of drug-likeness (QED) is 0.727. The zero-order valence-corrected chi connectivity index (χ0v) is 16.8. The Labute approximate surface area is 168 Å². The first-order valence-electron chi connectivity index (χ1n) is 9.24. The number of morpholine rings is 1. The topological polar surface area (TPSA) is 67.4 Å². The van der Waals surface area contributed by atoms with Crippen LogP contribution in [0, 0.1) is 13.8 Å². The molecule has 0 saturated carbocycles. The van der Waals surface area contributed by atoms with Gasteiger partial charge >= 0.3 is 0 Å². The van der Waals surface area contributed by atoms with E-state index >= 15 is 0 Å². The summed E-state index contributed by atoms with van der Waals surface area (Å²) >= 11 is 1.42. The normalized spacial score (nSPS) is 14.1. The number of ether oxygens (including phenoxy) is 1. The largest absolute Gasteiger partial charge is 0.378 e. The Morgan fingerprint density at radius 1 is 1.21 bits per heavy atom. The zero-order chi connectivity index (χ0) is 19.5. The van der Waals surface area contributed by atoms with Crippen molar-refractivity contribution in [2.45, 2.75) is 13.8 Å². The molecule has 0 spiro atoms. The van der Waals surface area contributed by atoms with Crippen molar-refractivity contribution in [2.24, 2.45) is 0 Å². The Hall–Kier alpha value is -2.77. The summed E-state index contributed by atoms with van der Waals surface area (Å²) in [5.41, 5.74) is 4.89. The Bertz CT molecular complexity index is 996. The molecule has 2 aromatic heterocycles. The summed E-state index contributed by atoms with van der Waals surface area (Å²) < 4.78 is 5.40. The summed E-state index contributed by atoms with van der Waals surface area (Å²) in [6.07, 6.45) is 1.71. The second-order valence-electron chi connectivity index (χ2n) is 6.78. The molecule has 6 nitrogen and oxygen atoms in total. The molecule has 1 amide bonds. The number of amides is 1. The average Bonchev–Trinajstić information content (AvgIpc) is 3.16. The first-order chi connectivity index (χ1) is 13.6. The van der Waals surface area contributed by atoms with E-state index < -0.39 is 0 Å². The summed E-state index contributed by atoms with van der Waals surface area (Å²) in [4.78, 5) is 24.0. The summed E-state index contributed by atoms with van der Waals surface area (Å²) in [7, 11) is 0. The highest BCUT2D eigenvalue weighted by Crippen LogP contribution is 2.29. The van der Waals surface area contributed by atoms with Crippen molar-refractivity contribution in [3.05, 3.63) is 58.6 Å². The molecule has 0 unspecified atom stereocenters. The monoisotopic (exact) mass is 394 g/mol. The third-order valence-electron chi connectivity index (χ3n) is 4.72. The van der Waals surface area contributed by atoms with E-state index in [1.165, 1.54) is 22.5 Å². The van der Waals surface area contributed by atoms with Gasteiger partial charge in [0.15, 0.2) is 5.13 Å². The van der Waals surface area contributed by atoms with E-state index in [1.807, 2.05) is 5.38 Å². The van der Waals surface area contributed by atoms with Crippen molar-refractivity contribution in [2.75, 3.05) is 36.5 Å². The molecule has 0 radical (unpaired) electrons. The van der Waals surface area contributed by atoms with Crippen molar-refractivity contribution in [1.29, 1.82) is 0 Å². The minimum absolute atomic E-state index is 0.198. The number of thiazole rings is 1. The molecule has 3 aromatic rings. The van der Waals surface area contributed by atoms with E-state index in [2.05, 4.69) is 52.2 Å². The van der Waals surface area contributed by atoms with Crippen LogP contribution in [0.5, 0.6) is 0 Å². The van der Waals surface area contributed by atoms with Gasteiger partial charge in [-0.05, 0) is 31.5 Å². The van der Waals surface area contributed by atoms with E-state index in [9.17, 15) is 4.79 Å². The second-order valence-corrected chi connectivity index (χ2v) is 7.64. The van der Waals surface area contributed by atoms with Crippen molar-refractivity contribution >= 4 is 28.2 Å². The molecule has 0 atom stereocenters.